The zero-order chi connectivity index (χ0) is 8.97. The predicted octanol–water partition coefficient (Wildman–Crippen LogP) is 0.0151. The Kier molecular flexibility index (Phi) is 3.04. The molecule has 1 saturated heterocycles. The van der Waals surface area contributed by atoms with Crippen molar-refractivity contribution in [3.63, 3.8) is 0 Å². The number of aliphatic carboxylic acids is 1. The molecule has 0 bridgehead atoms. The standard InChI is InChI=1S/C7H11NO4/c9-6(10)7(11)12-8-4-2-1-3-5-8/h1-5H2,(H,9,10). The highest BCUT2D eigenvalue weighted by Crippen LogP contribution is 2.08. The lowest BCUT2D eigenvalue weighted by Gasteiger charge is -2.23. The van der Waals surface area contributed by atoms with Crippen molar-refractivity contribution >= 4 is 11.9 Å². The highest BCUT2D eigenvalue weighted by molar-refractivity contribution is 6.28. The number of rotatable bonds is 1. The first kappa shape index (κ1) is 8.99. The van der Waals surface area contributed by atoms with E-state index >= 15 is 0 Å². The smallest absolute Gasteiger partial charge is 0.436 e. The van der Waals surface area contributed by atoms with Gasteiger partial charge in [0.25, 0.3) is 0 Å². The van der Waals surface area contributed by atoms with Crippen LogP contribution in [-0.4, -0.2) is 35.2 Å². The van der Waals surface area contributed by atoms with Crippen LogP contribution in [0.1, 0.15) is 19.3 Å². The van der Waals surface area contributed by atoms with Gasteiger partial charge in [0, 0.05) is 13.1 Å². The molecule has 0 aliphatic carbocycles. The number of carboxylic acids is 1. The normalized spacial score (nSPS) is 18.7. The Hall–Kier alpha value is -1.10. The van der Waals surface area contributed by atoms with Crippen LogP contribution in [0.2, 0.25) is 0 Å². The van der Waals surface area contributed by atoms with Crippen LogP contribution in [0, 0.1) is 0 Å². The minimum Gasteiger partial charge on any atom is -0.473 e. The van der Waals surface area contributed by atoms with Gasteiger partial charge in [0.05, 0.1) is 0 Å². The van der Waals surface area contributed by atoms with E-state index in [2.05, 4.69) is 4.84 Å². The molecule has 1 aliphatic rings. The van der Waals surface area contributed by atoms with Crippen molar-refractivity contribution in [2.24, 2.45) is 0 Å². The number of hydrogen-bond acceptors (Lipinski definition) is 4. The first-order valence-electron chi connectivity index (χ1n) is 3.90. The molecule has 0 unspecified atom stereocenters. The first-order valence-corrected chi connectivity index (χ1v) is 3.90. The van der Waals surface area contributed by atoms with Crippen molar-refractivity contribution in [1.82, 2.24) is 5.06 Å². The maximum absolute atomic E-state index is 10.5. The van der Waals surface area contributed by atoms with Gasteiger partial charge in [-0.1, -0.05) is 6.42 Å². The van der Waals surface area contributed by atoms with Gasteiger partial charge in [-0.15, -0.1) is 5.06 Å². The van der Waals surface area contributed by atoms with E-state index in [-0.39, 0.29) is 0 Å². The second-order valence-corrected chi connectivity index (χ2v) is 2.67. The average molecular weight is 173 g/mol. The van der Waals surface area contributed by atoms with Crippen LogP contribution >= 0.6 is 0 Å². The highest BCUT2D eigenvalue weighted by atomic mass is 16.7. The molecule has 0 aromatic rings. The van der Waals surface area contributed by atoms with Crippen LogP contribution in [0.4, 0.5) is 0 Å². The summed E-state index contributed by atoms with van der Waals surface area (Å²) in [5.41, 5.74) is 0. The summed E-state index contributed by atoms with van der Waals surface area (Å²) in [5, 5.41) is 9.61. The van der Waals surface area contributed by atoms with Gasteiger partial charge in [0.1, 0.15) is 0 Å². The van der Waals surface area contributed by atoms with Crippen LogP contribution in [0.3, 0.4) is 0 Å². The molecule has 5 nitrogen and oxygen atoms in total. The maximum atomic E-state index is 10.5. The van der Waals surface area contributed by atoms with Gasteiger partial charge in [-0.3, -0.25) is 0 Å². The SMILES string of the molecule is O=C(O)C(=O)ON1CCCCC1. The highest BCUT2D eigenvalue weighted by Gasteiger charge is 2.19. The molecule has 0 saturated carbocycles. The molecule has 0 aromatic heterocycles. The number of carbonyl (C=O) groups excluding carboxylic acids is 1. The van der Waals surface area contributed by atoms with E-state index in [1.165, 1.54) is 5.06 Å². The van der Waals surface area contributed by atoms with E-state index in [9.17, 15) is 9.59 Å². The van der Waals surface area contributed by atoms with Gasteiger partial charge in [-0.05, 0) is 12.8 Å². The topological polar surface area (TPSA) is 66.8 Å². The summed E-state index contributed by atoms with van der Waals surface area (Å²) in [4.78, 5) is 25.2. The molecule has 1 fully saturated rings. The molecule has 0 aromatic carbocycles. The second kappa shape index (κ2) is 4.06. The summed E-state index contributed by atoms with van der Waals surface area (Å²) in [5.74, 6) is -2.74. The van der Waals surface area contributed by atoms with E-state index in [0.29, 0.717) is 13.1 Å². The fraction of sp³-hybridized carbons (Fsp3) is 0.714. The Morgan fingerprint density at radius 2 is 1.75 bits per heavy atom. The zero-order valence-corrected chi connectivity index (χ0v) is 6.65. The summed E-state index contributed by atoms with van der Waals surface area (Å²) in [7, 11) is 0. The van der Waals surface area contributed by atoms with E-state index in [0.717, 1.165) is 19.3 Å². The van der Waals surface area contributed by atoms with Crippen molar-refractivity contribution in [3.05, 3.63) is 0 Å². The maximum Gasteiger partial charge on any atom is 0.436 e. The monoisotopic (exact) mass is 173 g/mol. The Bertz CT molecular complexity index is 186. The molecule has 0 radical (unpaired) electrons. The molecule has 12 heavy (non-hydrogen) atoms. The molecule has 1 aliphatic heterocycles. The van der Waals surface area contributed by atoms with Gasteiger partial charge < -0.3 is 9.94 Å². The fourth-order valence-corrected chi connectivity index (χ4v) is 1.11. The molecular formula is C7H11NO4. The molecule has 68 valence electrons. The molecule has 5 heteroatoms. The molecule has 1 heterocycles. The quantitative estimate of drug-likeness (QED) is 0.566. The lowest BCUT2D eigenvalue weighted by atomic mass is 10.2. The third-order valence-corrected chi connectivity index (χ3v) is 1.70. The number of hydrogen-bond donors (Lipinski definition) is 1. The van der Waals surface area contributed by atoms with Gasteiger partial charge in [-0.25, -0.2) is 9.59 Å². The summed E-state index contributed by atoms with van der Waals surface area (Å²) >= 11 is 0. The van der Waals surface area contributed by atoms with Crippen molar-refractivity contribution in [2.45, 2.75) is 19.3 Å². The molecule has 0 spiro atoms. The lowest BCUT2D eigenvalue weighted by molar-refractivity contribution is -0.200. The Balaban J connectivity index is 2.29. The van der Waals surface area contributed by atoms with Crippen LogP contribution in [0.15, 0.2) is 0 Å². The molecular weight excluding hydrogens is 162 g/mol. The number of piperidine rings is 1. The van der Waals surface area contributed by atoms with E-state index < -0.39 is 11.9 Å². The zero-order valence-electron chi connectivity index (χ0n) is 6.65. The summed E-state index contributed by atoms with van der Waals surface area (Å²) in [6.45, 7) is 1.28. The third-order valence-electron chi connectivity index (χ3n) is 1.70. The minimum absolute atomic E-state index is 0.638. The van der Waals surface area contributed by atoms with Gasteiger partial charge >= 0.3 is 11.9 Å². The Labute approximate surface area is 69.9 Å². The summed E-state index contributed by atoms with van der Waals surface area (Å²) in [6.07, 6.45) is 3.01. The van der Waals surface area contributed by atoms with Crippen molar-refractivity contribution < 1.29 is 19.5 Å². The number of carbonyl (C=O) groups is 2. The fourth-order valence-electron chi connectivity index (χ4n) is 1.11. The molecule has 1 rings (SSSR count). The third kappa shape index (κ3) is 2.50. The number of hydroxylamine groups is 2. The Morgan fingerprint density at radius 3 is 2.25 bits per heavy atom. The molecule has 1 N–H and O–H groups in total. The van der Waals surface area contributed by atoms with Crippen molar-refractivity contribution in [1.29, 1.82) is 0 Å². The predicted molar refractivity (Wildman–Crippen MR) is 39.2 cm³/mol. The second-order valence-electron chi connectivity index (χ2n) is 2.67. The minimum atomic E-state index is -1.54. The van der Waals surface area contributed by atoms with Crippen LogP contribution in [0.5, 0.6) is 0 Å². The van der Waals surface area contributed by atoms with Crippen LogP contribution in [-0.2, 0) is 14.4 Å². The summed E-state index contributed by atoms with van der Waals surface area (Å²) < 4.78 is 0. The van der Waals surface area contributed by atoms with Crippen molar-refractivity contribution in [3.8, 4) is 0 Å². The van der Waals surface area contributed by atoms with E-state index in [1.807, 2.05) is 0 Å². The summed E-state index contributed by atoms with van der Waals surface area (Å²) in [6, 6.07) is 0. The van der Waals surface area contributed by atoms with Gasteiger partial charge in [0.15, 0.2) is 0 Å². The largest absolute Gasteiger partial charge is 0.473 e. The van der Waals surface area contributed by atoms with E-state index in [1.54, 1.807) is 0 Å². The first-order chi connectivity index (χ1) is 5.70. The van der Waals surface area contributed by atoms with Crippen LogP contribution in [0.25, 0.3) is 0 Å². The lowest BCUT2D eigenvalue weighted by Crippen LogP contribution is -2.34. The van der Waals surface area contributed by atoms with Crippen molar-refractivity contribution in [2.75, 3.05) is 13.1 Å². The Morgan fingerprint density at radius 1 is 1.17 bits per heavy atom. The van der Waals surface area contributed by atoms with Gasteiger partial charge in [0.2, 0.25) is 0 Å². The molecule has 0 amide bonds. The van der Waals surface area contributed by atoms with Crippen LogP contribution < -0.4 is 0 Å². The van der Waals surface area contributed by atoms with E-state index in [4.69, 9.17) is 5.11 Å². The number of carboxylic acid groups (broad SMARTS) is 1. The van der Waals surface area contributed by atoms with Gasteiger partial charge in [-0.2, -0.15) is 0 Å². The molecule has 0 atom stereocenters. The number of nitrogens with zero attached hydrogens (tertiary/aromatic N) is 1. The average Bonchev–Trinajstić information content (AvgIpc) is 2.06.